The Morgan fingerprint density at radius 1 is 1.02 bits per heavy atom. The minimum atomic E-state index is -4.55. The highest BCUT2D eigenvalue weighted by molar-refractivity contribution is 6.02. The number of aliphatic hydroxyl groups excluding tert-OH is 1. The van der Waals surface area contributed by atoms with Gasteiger partial charge in [-0.3, -0.25) is 4.79 Å². The number of aliphatic hydroxyl groups is 1. The van der Waals surface area contributed by atoms with E-state index in [1.165, 1.54) is 17.0 Å². The average Bonchev–Trinajstić information content (AvgIpc) is 3.18. The monoisotopic (exact) mass is 567 g/mol. The van der Waals surface area contributed by atoms with Gasteiger partial charge < -0.3 is 19.5 Å². The van der Waals surface area contributed by atoms with Gasteiger partial charge in [-0.1, -0.05) is 62.9 Å². The first-order valence-corrected chi connectivity index (χ1v) is 12.7. The van der Waals surface area contributed by atoms with E-state index in [9.17, 15) is 32.7 Å². The molecule has 0 radical (unpaired) electrons. The number of nitrogens with zero attached hydrogens (tertiary/aromatic N) is 1. The van der Waals surface area contributed by atoms with Crippen molar-refractivity contribution in [3.63, 3.8) is 0 Å². The number of halogens is 3. The molecule has 0 unspecified atom stereocenters. The van der Waals surface area contributed by atoms with Gasteiger partial charge in [0.2, 0.25) is 0 Å². The summed E-state index contributed by atoms with van der Waals surface area (Å²) in [5.41, 5.74) is -0.530. The van der Waals surface area contributed by atoms with Gasteiger partial charge in [0.25, 0.3) is 5.91 Å². The zero-order valence-electron chi connectivity index (χ0n) is 22.4. The van der Waals surface area contributed by atoms with Crippen LogP contribution in [0.5, 0.6) is 0 Å². The fourth-order valence-corrected chi connectivity index (χ4v) is 4.41. The van der Waals surface area contributed by atoms with E-state index in [0.29, 0.717) is 11.3 Å². The molecule has 1 fully saturated rings. The second-order valence-corrected chi connectivity index (χ2v) is 10.4. The minimum Gasteiger partial charge on any atom is -0.457 e. The van der Waals surface area contributed by atoms with E-state index >= 15 is 0 Å². The molecular weight excluding hydrogens is 539 g/mol. The quantitative estimate of drug-likeness (QED) is 0.280. The number of hydrogen-bond donors (Lipinski definition) is 1. The highest BCUT2D eigenvalue weighted by Gasteiger charge is 2.49. The second-order valence-electron chi connectivity index (χ2n) is 10.4. The zero-order chi connectivity index (χ0) is 29.9. The summed E-state index contributed by atoms with van der Waals surface area (Å²) in [7, 11) is 0. The van der Waals surface area contributed by atoms with E-state index in [-0.39, 0.29) is 18.7 Å². The van der Waals surface area contributed by atoms with Crippen molar-refractivity contribution in [3.8, 4) is 0 Å². The molecule has 0 aliphatic carbocycles. The summed E-state index contributed by atoms with van der Waals surface area (Å²) in [6.07, 6.45) is -7.40. The summed E-state index contributed by atoms with van der Waals surface area (Å²) in [4.78, 5) is 40.0. The van der Waals surface area contributed by atoms with Gasteiger partial charge in [0.05, 0.1) is 16.7 Å². The molecule has 3 aromatic rings. The Morgan fingerprint density at radius 3 is 2.22 bits per heavy atom. The van der Waals surface area contributed by atoms with Crippen molar-refractivity contribution >= 4 is 23.5 Å². The Labute approximate surface area is 234 Å². The van der Waals surface area contributed by atoms with Crippen LogP contribution in [0.2, 0.25) is 0 Å². The smallest absolute Gasteiger partial charge is 0.416 e. The number of benzene rings is 3. The summed E-state index contributed by atoms with van der Waals surface area (Å²) in [6.45, 7) is 7.31. The lowest BCUT2D eigenvalue weighted by Crippen LogP contribution is -2.36. The number of amides is 1. The third-order valence-corrected chi connectivity index (χ3v) is 6.76. The lowest BCUT2D eigenvalue weighted by molar-refractivity contribution is -0.155. The van der Waals surface area contributed by atoms with E-state index < -0.39 is 52.8 Å². The van der Waals surface area contributed by atoms with Gasteiger partial charge in [-0.15, -0.1) is 0 Å². The Kier molecular flexibility index (Phi) is 8.34. The molecule has 0 saturated carbocycles. The van der Waals surface area contributed by atoms with Crippen LogP contribution >= 0.6 is 0 Å². The summed E-state index contributed by atoms with van der Waals surface area (Å²) >= 11 is 0. The van der Waals surface area contributed by atoms with Crippen molar-refractivity contribution in [3.05, 3.63) is 113 Å². The third kappa shape index (κ3) is 6.66. The van der Waals surface area contributed by atoms with Gasteiger partial charge in [0.15, 0.2) is 6.10 Å². The first kappa shape index (κ1) is 29.5. The van der Waals surface area contributed by atoms with E-state index in [2.05, 4.69) is 6.58 Å². The summed E-state index contributed by atoms with van der Waals surface area (Å²) in [5.74, 6) is -2.09. The van der Waals surface area contributed by atoms with Crippen molar-refractivity contribution in [1.29, 1.82) is 0 Å². The molecule has 2 atom stereocenters. The maximum Gasteiger partial charge on any atom is 0.416 e. The van der Waals surface area contributed by atoms with Crippen LogP contribution in [0, 0.1) is 5.41 Å². The highest BCUT2D eigenvalue weighted by Crippen LogP contribution is 2.37. The van der Waals surface area contributed by atoms with Crippen molar-refractivity contribution in [2.75, 3.05) is 11.4 Å². The van der Waals surface area contributed by atoms with Crippen LogP contribution in [-0.4, -0.2) is 35.6 Å². The lowest BCUT2D eigenvalue weighted by Gasteiger charge is -2.24. The van der Waals surface area contributed by atoms with Crippen LogP contribution in [-0.2, 0) is 31.8 Å². The summed E-state index contributed by atoms with van der Waals surface area (Å²) in [6, 6.07) is 19.1. The number of anilines is 1. The Bertz CT molecular complexity index is 1430. The minimum absolute atomic E-state index is 0.0148. The Morgan fingerprint density at radius 2 is 1.63 bits per heavy atom. The summed E-state index contributed by atoms with van der Waals surface area (Å²) < 4.78 is 49.3. The molecule has 1 aliphatic heterocycles. The number of alkyl halides is 3. The van der Waals surface area contributed by atoms with E-state index in [1.54, 1.807) is 26.0 Å². The molecule has 1 amide bonds. The fourth-order valence-electron chi connectivity index (χ4n) is 4.41. The molecule has 3 aromatic carbocycles. The molecule has 1 N–H and O–H groups in total. The maximum atomic E-state index is 13.3. The molecule has 1 heterocycles. The molecule has 7 nitrogen and oxygen atoms in total. The van der Waals surface area contributed by atoms with Gasteiger partial charge in [-0.05, 0) is 47.5 Å². The van der Waals surface area contributed by atoms with E-state index in [1.807, 2.05) is 30.3 Å². The molecule has 0 spiro atoms. The lowest BCUT2D eigenvalue weighted by atomic mass is 9.89. The SMILES string of the molecule is C=C(C(=O)O[C@H]1C(=O)N(c2ccc(C(=O)OCc3ccccc3)cc2)CC1(C)C)[C@@H](O)c1ccc(C(F)(F)F)cc1. The van der Waals surface area contributed by atoms with Gasteiger partial charge in [0, 0.05) is 17.6 Å². The van der Waals surface area contributed by atoms with Crippen LogP contribution < -0.4 is 4.90 Å². The molecule has 0 bridgehead atoms. The first-order chi connectivity index (χ1) is 19.3. The Hall–Kier alpha value is -4.44. The van der Waals surface area contributed by atoms with Gasteiger partial charge >= 0.3 is 18.1 Å². The van der Waals surface area contributed by atoms with Gasteiger partial charge in [-0.2, -0.15) is 13.2 Å². The number of rotatable bonds is 8. The number of carbonyl (C=O) groups excluding carboxylic acids is 3. The van der Waals surface area contributed by atoms with Crippen molar-refractivity contribution in [2.24, 2.45) is 5.41 Å². The summed E-state index contributed by atoms with van der Waals surface area (Å²) in [5, 5.41) is 10.5. The van der Waals surface area contributed by atoms with E-state index in [0.717, 1.165) is 29.8 Å². The molecule has 10 heteroatoms. The normalized spacial score (nSPS) is 17.2. The topological polar surface area (TPSA) is 93.1 Å². The largest absolute Gasteiger partial charge is 0.457 e. The van der Waals surface area contributed by atoms with Crippen LogP contribution in [0.1, 0.15) is 47.0 Å². The zero-order valence-corrected chi connectivity index (χ0v) is 22.4. The fraction of sp³-hybridized carbons (Fsp3) is 0.258. The molecule has 41 heavy (non-hydrogen) atoms. The number of hydrogen-bond acceptors (Lipinski definition) is 6. The molecule has 0 aromatic heterocycles. The maximum absolute atomic E-state index is 13.3. The van der Waals surface area contributed by atoms with Crippen molar-refractivity contribution in [1.82, 2.24) is 0 Å². The molecule has 4 rings (SSSR count). The average molecular weight is 568 g/mol. The predicted molar refractivity (Wildman–Crippen MR) is 144 cm³/mol. The predicted octanol–water partition coefficient (Wildman–Crippen LogP) is 5.64. The number of ether oxygens (including phenoxy) is 2. The van der Waals surface area contributed by atoms with Crippen LogP contribution in [0.4, 0.5) is 18.9 Å². The molecular formula is C31H28F3NO6. The molecule has 1 aliphatic rings. The van der Waals surface area contributed by atoms with Crippen LogP contribution in [0.3, 0.4) is 0 Å². The standard InChI is InChI=1S/C31H28F3NO6/c1-19(25(36)21-9-13-23(14-10-21)31(32,33)34)28(38)41-26-27(37)35(18-30(26,2)3)24-15-11-22(12-16-24)29(39)40-17-20-7-5-4-6-8-20/h4-16,25-26,36H,1,17-18H2,2-3H3/t25-,26+/m1/s1. The van der Waals surface area contributed by atoms with Gasteiger partial charge in [0.1, 0.15) is 12.7 Å². The molecule has 214 valence electrons. The number of carbonyl (C=O) groups is 3. The van der Waals surface area contributed by atoms with Crippen molar-refractivity contribution < 1.29 is 42.1 Å². The van der Waals surface area contributed by atoms with Gasteiger partial charge in [-0.25, -0.2) is 9.59 Å². The van der Waals surface area contributed by atoms with Crippen LogP contribution in [0.15, 0.2) is 91.0 Å². The number of esters is 2. The van der Waals surface area contributed by atoms with E-state index in [4.69, 9.17) is 9.47 Å². The van der Waals surface area contributed by atoms with Crippen LogP contribution in [0.25, 0.3) is 0 Å². The molecule has 1 saturated heterocycles. The first-order valence-electron chi connectivity index (χ1n) is 12.7. The van der Waals surface area contributed by atoms with Crippen molar-refractivity contribution in [2.45, 2.75) is 38.8 Å². The third-order valence-electron chi connectivity index (χ3n) is 6.76. The second kappa shape index (κ2) is 11.6. The highest BCUT2D eigenvalue weighted by atomic mass is 19.4. The Balaban J connectivity index is 1.39.